The number of amides is 2. The normalized spacial score (nSPS) is 20.9. The molecule has 10 rings (SSSR count). The van der Waals surface area contributed by atoms with Gasteiger partial charge in [0.15, 0.2) is 0 Å². The first-order valence-corrected chi connectivity index (χ1v) is 28.6. The maximum absolute atomic E-state index is 15.5. The average Bonchev–Trinajstić information content (AvgIpc) is 2.80. The summed E-state index contributed by atoms with van der Waals surface area (Å²) in [6.07, 6.45) is 6.94. The van der Waals surface area contributed by atoms with Crippen LogP contribution < -0.4 is 19.6 Å². The molecule has 2 spiro atoms. The first kappa shape index (κ1) is 59.8. The first-order chi connectivity index (χ1) is 38.1. The average molecular weight is 1170 g/mol. The second-order valence-electron chi connectivity index (χ2n) is 26.9. The van der Waals surface area contributed by atoms with Crippen LogP contribution in [-0.4, -0.2) is 96.8 Å². The molecule has 2 aromatic carbocycles. The quantitative estimate of drug-likeness (QED) is 0.103. The van der Waals surface area contributed by atoms with Crippen LogP contribution in [0.4, 0.5) is 41.1 Å². The number of ether oxygens (including phenoxy) is 4. The molecular formula is C62H72Cl2F2N8O8. The summed E-state index contributed by atoms with van der Waals surface area (Å²) < 4.78 is 53.1. The Bertz CT molecular complexity index is 3200. The molecule has 2 amide bonds. The van der Waals surface area contributed by atoms with Gasteiger partial charge in [-0.25, -0.2) is 18.4 Å². The van der Waals surface area contributed by atoms with Gasteiger partial charge in [-0.3, -0.25) is 29.4 Å². The van der Waals surface area contributed by atoms with Gasteiger partial charge in [0.25, 0.3) is 0 Å². The van der Waals surface area contributed by atoms with E-state index < -0.39 is 46.2 Å². The molecule has 2 saturated heterocycles. The molecule has 4 heterocycles. The molecule has 2 aromatic heterocycles. The number of aromatic nitrogens is 2. The van der Waals surface area contributed by atoms with Gasteiger partial charge in [0.2, 0.25) is 0 Å². The number of anilines is 4. The fourth-order valence-electron chi connectivity index (χ4n) is 12.5. The molecular weight excluding hydrogens is 1090 g/mol. The Kier molecular flexibility index (Phi) is 15.4. The smallest absolute Gasteiger partial charge is 0.414 e. The van der Waals surface area contributed by atoms with Gasteiger partial charge in [0, 0.05) is 101 Å². The van der Waals surface area contributed by atoms with Gasteiger partial charge in [0.1, 0.15) is 46.2 Å². The SMILES string of the molecule is CN(C(=O)OC(C)(C)C)c1cc(F)c(C#N)c2c1Cc1ncc(Cl)c(N3CC[C@@]4(C[C@@H]4CC(=O)OC(C)(C)C)C3)c1-2.CN(C(=O)OC(C)(C)C)c1cc(F)c(C#N)c2c1Cc1ncc(Cl)c(N3CC[C@]4(C[C@H]4CC(=O)OC(C)(C)C)C3)c1-2. The Morgan fingerprint density at radius 1 is 0.610 bits per heavy atom. The molecule has 82 heavy (non-hydrogen) atoms. The third-order valence-corrected chi connectivity index (χ3v) is 16.7. The Hall–Kier alpha value is -6.76. The van der Waals surface area contributed by atoms with Crippen LogP contribution in [0.2, 0.25) is 10.0 Å². The molecule has 16 nitrogen and oxygen atoms in total. The highest BCUT2D eigenvalue weighted by atomic mass is 35.5. The summed E-state index contributed by atoms with van der Waals surface area (Å²) in [5, 5.41) is 20.8. The van der Waals surface area contributed by atoms with Crippen molar-refractivity contribution in [2.45, 2.75) is 157 Å². The van der Waals surface area contributed by atoms with E-state index in [0.29, 0.717) is 129 Å². The number of rotatable bonds is 8. The highest BCUT2D eigenvalue weighted by Gasteiger charge is 2.60. The zero-order chi connectivity index (χ0) is 60.1. The van der Waals surface area contributed by atoms with Gasteiger partial charge in [-0.05, 0) is 155 Å². The van der Waals surface area contributed by atoms with Crippen molar-refractivity contribution in [3.05, 3.63) is 79.8 Å². The van der Waals surface area contributed by atoms with Gasteiger partial charge in [-0.2, -0.15) is 10.5 Å². The number of benzene rings is 2. The van der Waals surface area contributed by atoms with Crippen molar-refractivity contribution >= 4 is 70.1 Å². The number of pyridine rings is 2. The molecule has 2 aliphatic heterocycles. The molecule has 4 atom stereocenters. The molecule has 436 valence electrons. The molecule has 20 heteroatoms. The number of halogens is 4. The lowest BCUT2D eigenvalue weighted by molar-refractivity contribution is -0.156. The van der Waals surface area contributed by atoms with Crippen molar-refractivity contribution in [2.75, 3.05) is 59.9 Å². The molecule has 4 aromatic rings. The lowest BCUT2D eigenvalue weighted by atomic mass is 9.96. The van der Waals surface area contributed by atoms with Crippen LogP contribution in [0.3, 0.4) is 0 Å². The number of nitriles is 2. The summed E-state index contributed by atoms with van der Waals surface area (Å²) in [6.45, 7) is 24.5. The van der Waals surface area contributed by atoms with Crippen molar-refractivity contribution in [1.82, 2.24) is 9.97 Å². The summed E-state index contributed by atoms with van der Waals surface area (Å²) in [5.74, 6) is -1.38. The number of hydrogen-bond acceptors (Lipinski definition) is 14. The van der Waals surface area contributed by atoms with E-state index in [1.807, 2.05) is 53.7 Å². The minimum absolute atomic E-state index is 0.0140. The van der Waals surface area contributed by atoms with E-state index in [4.69, 9.17) is 42.1 Å². The minimum Gasteiger partial charge on any atom is -0.460 e. The fraction of sp³-hybridized carbons (Fsp3) is 0.548. The monoisotopic (exact) mass is 1160 g/mol. The van der Waals surface area contributed by atoms with E-state index in [-0.39, 0.29) is 45.7 Å². The van der Waals surface area contributed by atoms with Crippen LogP contribution in [0.15, 0.2) is 24.5 Å². The second kappa shape index (κ2) is 21.1. The Morgan fingerprint density at radius 3 is 1.27 bits per heavy atom. The minimum atomic E-state index is -0.735. The molecule has 6 aliphatic rings. The zero-order valence-corrected chi connectivity index (χ0v) is 50.8. The lowest BCUT2D eigenvalue weighted by Gasteiger charge is -2.27. The fourth-order valence-corrected chi connectivity index (χ4v) is 13.0. The summed E-state index contributed by atoms with van der Waals surface area (Å²) in [5.41, 5.74) is 4.00. The highest BCUT2D eigenvalue weighted by Crippen LogP contribution is 2.64. The van der Waals surface area contributed by atoms with Crippen LogP contribution in [0.25, 0.3) is 22.3 Å². The maximum Gasteiger partial charge on any atom is 0.414 e. The molecule has 4 aliphatic carbocycles. The molecule has 0 radical (unpaired) electrons. The van der Waals surface area contributed by atoms with Crippen molar-refractivity contribution < 1.29 is 46.9 Å². The van der Waals surface area contributed by atoms with Crippen molar-refractivity contribution in [1.29, 1.82) is 10.5 Å². The summed E-state index contributed by atoms with van der Waals surface area (Å²) >= 11 is 13.6. The lowest BCUT2D eigenvalue weighted by Crippen LogP contribution is -2.34. The third kappa shape index (κ3) is 11.9. The van der Waals surface area contributed by atoms with Crippen LogP contribution in [0.5, 0.6) is 0 Å². The number of esters is 2. The molecule has 2 saturated carbocycles. The molecule has 0 unspecified atom stereocenters. The predicted octanol–water partition coefficient (Wildman–Crippen LogP) is 13.3. The zero-order valence-electron chi connectivity index (χ0n) is 49.3. The van der Waals surface area contributed by atoms with E-state index >= 15 is 8.78 Å². The third-order valence-electron chi connectivity index (χ3n) is 16.2. The van der Waals surface area contributed by atoms with E-state index in [1.165, 1.54) is 36.0 Å². The van der Waals surface area contributed by atoms with Crippen LogP contribution in [0, 0.1) is 57.0 Å². The summed E-state index contributed by atoms with van der Waals surface area (Å²) in [6, 6.07) is 6.49. The molecule has 0 bridgehead atoms. The van der Waals surface area contributed by atoms with E-state index in [0.717, 1.165) is 25.7 Å². The van der Waals surface area contributed by atoms with Gasteiger partial charge in [0.05, 0.1) is 55.3 Å². The standard InChI is InChI=1S/2C31H36ClFN4O4/c2*1-29(2,3)40-24(38)10-17-13-31(17)8-9-37(16-31)27-20(32)15-35-22-11-18-23(36(7)28(39)41-30(4,5)6)12-21(33)19(14-34)25(18)26(22)27/h2*12,15,17H,8-11,13,16H2,1-7H3/t2*17-,31+/m10/s1. The number of fused-ring (bicyclic) bond motifs is 6. The van der Waals surface area contributed by atoms with Gasteiger partial charge >= 0.3 is 24.1 Å². The highest BCUT2D eigenvalue weighted by molar-refractivity contribution is 6.34. The van der Waals surface area contributed by atoms with Gasteiger partial charge < -0.3 is 28.7 Å². The topological polar surface area (TPSA) is 192 Å². The van der Waals surface area contributed by atoms with E-state index in [9.17, 15) is 29.7 Å². The summed E-state index contributed by atoms with van der Waals surface area (Å²) in [7, 11) is 3.06. The molecule has 0 N–H and O–H groups in total. The Labute approximate surface area is 488 Å². The van der Waals surface area contributed by atoms with Crippen molar-refractivity contribution in [2.24, 2.45) is 22.7 Å². The van der Waals surface area contributed by atoms with Crippen molar-refractivity contribution in [3.63, 3.8) is 0 Å². The number of carbonyl (C=O) groups excluding carboxylic acids is 4. The van der Waals surface area contributed by atoms with E-state index in [2.05, 4.69) is 19.8 Å². The van der Waals surface area contributed by atoms with Gasteiger partial charge in [-0.1, -0.05) is 23.2 Å². The second-order valence-corrected chi connectivity index (χ2v) is 27.7. The van der Waals surface area contributed by atoms with Crippen LogP contribution in [-0.2, 0) is 41.4 Å². The predicted molar refractivity (Wildman–Crippen MR) is 309 cm³/mol. The van der Waals surface area contributed by atoms with E-state index in [1.54, 1.807) is 53.9 Å². The van der Waals surface area contributed by atoms with Crippen molar-refractivity contribution in [3.8, 4) is 34.4 Å². The number of hydrogen-bond donors (Lipinski definition) is 0. The first-order valence-electron chi connectivity index (χ1n) is 27.8. The molecule has 4 fully saturated rings. The number of nitrogens with zero attached hydrogens (tertiary/aromatic N) is 8. The van der Waals surface area contributed by atoms with Crippen LogP contribution >= 0.6 is 23.2 Å². The number of carbonyl (C=O) groups is 4. The Morgan fingerprint density at radius 2 is 0.951 bits per heavy atom. The van der Waals surface area contributed by atoms with Gasteiger partial charge in [-0.15, -0.1) is 0 Å². The maximum atomic E-state index is 15.5. The van der Waals surface area contributed by atoms with Crippen LogP contribution in [0.1, 0.15) is 155 Å². The Balaban J connectivity index is 0.000000198. The largest absolute Gasteiger partial charge is 0.460 e. The summed E-state index contributed by atoms with van der Waals surface area (Å²) in [4.78, 5) is 66.9.